The molecule has 0 bridgehead atoms. The van der Waals surface area contributed by atoms with Crippen LogP contribution in [0, 0.1) is 5.92 Å². The van der Waals surface area contributed by atoms with E-state index in [0.29, 0.717) is 0 Å². The van der Waals surface area contributed by atoms with Crippen molar-refractivity contribution in [2.24, 2.45) is 5.92 Å². The molecule has 0 unspecified atom stereocenters. The maximum Gasteiger partial charge on any atom is 0.0558 e. The first-order valence-corrected chi connectivity index (χ1v) is 16.9. The highest BCUT2D eigenvalue weighted by Gasteiger charge is 2.09. The summed E-state index contributed by atoms with van der Waals surface area (Å²) < 4.78 is 0. The summed E-state index contributed by atoms with van der Waals surface area (Å²) in [5, 5.41) is 9.44. The monoisotopic (exact) mass is 520 g/mol. The molecule has 2 heteroatoms. The molecule has 0 fully saturated rings. The minimum atomic E-state index is 0.289. The Hall–Kier alpha value is -0.560. The fourth-order valence-corrected chi connectivity index (χ4v) is 5.63. The summed E-state index contributed by atoms with van der Waals surface area (Å²) in [6.07, 6.45) is 33.4. The van der Waals surface area contributed by atoms with E-state index in [1.165, 1.54) is 153 Å². The quantitative estimate of drug-likeness (QED) is 0.0753. The minimum absolute atomic E-state index is 0.289. The number of rotatable bonds is 30. The molecule has 0 heterocycles. The van der Waals surface area contributed by atoms with Gasteiger partial charge in [0.15, 0.2) is 0 Å². The van der Waals surface area contributed by atoms with Gasteiger partial charge in [-0.3, -0.25) is 0 Å². The number of aliphatic hydroxyl groups excluding tert-OH is 1. The molecule has 2 nitrogen and oxygen atoms in total. The van der Waals surface area contributed by atoms with Crippen molar-refractivity contribution in [1.82, 2.24) is 4.90 Å². The lowest BCUT2D eigenvalue weighted by Crippen LogP contribution is -2.29. The van der Waals surface area contributed by atoms with E-state index in [-0.39, 0.29) is 6.61 Å². The van der Waals surface area contributed by atoms with Crippen molar-refractivity contribution < 1.29 is 5.11 Å². The number of aliphatic hydroxyl groups is 1. The lowest BCUT2D eigenvalue weighted by Gasteiger charge is -2.21. The van der Waals surface area contributed by atoms with Gasteiger partial charge in [0.05, 0.1) is 6.61 Å². The number of nitrogens with zero attached hydrogens (tertiary/aromatic N) is 1. The molecule has 0 amide bonds. The van der Waals surface area contributed by atoms with Crippen LogP contribution in [0.3, 0.4) is 0 Å². The first-order chi connectivity index (χ1) is 18.2. The molecule has 0 aliphatic heterocycles. The molecule has 0 saturated heterocycles. The van der Waals surface area contributed by atoms with Crippen LogP contribution < -0.4 is 0 Å². The number of hydrogen-bond acceptors (Lipinski definition) is 2. The average Bonchev–Trinajstić information content (AvgIpc) is 2.90. The Morgan fingerprint density at radius 3 is 1.43 bits per heavy atom. The second-order valence-corrected chi connectivity index (χ2v) is 11.9. The lowest BCUT2D eigenvalue weighted by molar-refractivity contribution is 0.190. The van der Waals surface area contributed by atoms with Crippen LogP contribution >= 0.6 is 0 Å². The summed E-state index contributed by atoms with van der Waals surface area (Å²) in [6.45, 7) is 13.9. The lowest BCUT2D eigenvalue weighted by atomic mass is 9.89. The molecule has 0 rings (SSSR count). The van der Waals surface area contributed by atoms with Gasteiger partial charge < -0.3 is 10.0 Å². The zero-order valence-corrected chi connectivity index (χ0v) is 26.0. The average molecular weight is 520 g/mol. The minimum Gasteiger partial charge on any atom is -0.395 e. The van der Waals surface area contributed by atoms with Crippen molar-refractivity contribution in [3.63, 3.8) is 0 Å². The van der Waals surface area contributed by atoms with Crippen LogP contribution in [-0.4, -0.2) is 36.2 Å². The summed E-state index contributed by atoms with van der Waals surface area (Å²) in [6, 6.07) is 0. The Bertz CT molecular complexity index is 479. The molecule has 0 radical (unpaired) electrons. The smallest absolute Gasteiger partial charge is 0.0558 e. The molecule has 0 saturated carbocycles. The largest absolute Gasteiger partial charge is 0.395 e. The van der Waals surface area contributed by atoms with E-state index in [2.05, 4.69) is 38.0 Å². The molecule has 0 aromatic heterocycles. The zero-order chi connectivity index (χ0) is 27.2. The van der Waals surface area contributed by atoms with Crippen molar-refractivity contribution in [2.75, 3.05) is 26.2 Å². The topological polar surface area (TPSA) is 23.5 Å². The molecule has 1 N–H and O–H groups in total. The van der Waals surface area contributed by atoms with Gasteiger partial charge in [-0.05, 0) is 57.2 Å². The standard InChI is InChI=1S/C35H69NO/c1-5-8-10-12-15-21-27-35(28-22-16-13-11-9-6-2)29-23-17-14-18-24-30-36(32-33-37)31-25-19-20-26-34(4)7-3/h35,37H,3,5-6,8-33H2,1-2,4H3. The predicted octanol–water partition coefficient (Wildman–Crippen LogP) is 11.0. The summed E-state index contributed by atoms with van der Waals surface area (Å²) in [5.41, 5.74) is 4.28. The zero-order valence-electron chi connectivity index (χ0n) is 26.0. The van der Waals surface area contributed by atoms with Crippen molar-refractivity contribution in [3.05, 3.63) is 17.9 Å². The number of allylic oxidation sites excluding steroid dienone is 1. The van der Waals surface area contributed by atoms with Crippen LogP contribution in [0.4, 0.5) is 0 Å². The first-order valence-electron chi connectivity index (χ1n) is 16.9. The Labute approximate surface area is 234 Å². The highest BCUT2D eigenvalue weighted by molar-refractivity contribution is 4.93. The molecule has 0 aliphatic carbocycles. The van der Waals surface area contributed by atoms with Crippen LogP contribution in [-0.2, 0) is 0 Å². The van der Waals surface area contributed by atoms with E-state index in [9.17, 15) is 5.11 Å². The summed E-state index contributed by atoms with van der Waals surface area (Å²) in [5.74, 6) is 0.989. The Kier molecular flexibility index (Phi) is 29.5. The van der Waals surface area contributed by atoms with Gasteiger partial charge in [0.1, 0.15) is 0 Å². The molecule has 0 aromatic rings. The van der Waals surface area contributed by atoms with E-state index in [0.717, 1.165) is 32.0 Å². The SMILES string of the molecule is C=C=C(C)CCCCCN(CCO)CCCCCCCC(CCCCCCCC)CCCCCCCC. The molecular formula is C35H69NO. The second kappa shape index (κ2) is 30.0. The van der Waals surface area contributed by atoms with Crippen LogP contribution in [0.1, 0.15) is 175 Å². The molecule has 0 aliphatic rings. The van der Waals surface area contributed by atoms with Crippen LogP contribution in [0.25, 0.3) is 0 Å². The third kappa shape index (κ3) is 26.8. The maximum absolute atomic E-state index is 9.44. The van der Waals surface area contributed by atoms with Crippen LogP contribution in [0.5, 0.6) is 0 Å². The normalized spacial score (nSPS) is 11.5. The molecular weight excluding hydrogens is 450 g/mol. The van der Waals surface area contributed by atoms with Crippen molar-refractivity contribution >= 4 is 0 Å². The van der Waals surface area contributed by atoms with Gasteiger partial charge >= 0.3 is 0 Å². The number of hydrogen-bond donors (Lipinski definition) is 1. The summed E-state index contributed by atoms with van der Waals surface area (Å²) in [4.78, 5) is 2.48. The molecule has 0 atom stereocenters. The highest BCUT2D eigenvalue weighted by atomic mass is 16.3. The predicted molar refractivity (Wildman–Crippen MR) is 167 cm³/mol. The molecule has 0 spiro atoms. The second-order valence-electron chi connectivity index (χ2n) is 11.9. The van der Waals surface area contributed by atoms with Gasteiger partial charge in [-0.1, -0.05) is 149 Å². The first kappa shape index (κ1) is 36.4. The van der Waals surface area contributed by atoms with E-state index in [4.69, 9.17) is 0 Å². The van der Waals surface area contributed by atoms with E-state index >= 15 is 0 Å². The van der Waals surface area contributed by atoms with E-state index < -0.39 is 0 Å². The Morgan fingerprint density at radius 1 is 0.595 bits per heavy atom. The van der Waals surface area contributed by atoms with Crippen LogP contribution in [0.15, 0.2) is 17.9 Å². The Balaban J connectivity index is 4.01. The van der Waals surface area contributed by atoms with Gasteiger partial charge in [0.2, 0.25) is 0 Å². The van der Waals surface area contributed by atoms with Crippen LogP contribution in [0.2, 0.25) is 0 Å². The summed E-state index contributed by atoms with van der Waals surface area (Å²) in [7, 11) is 0. The van der Waals surface area contributed by atoms with Gasteiger partial charge in [0, 0.05) is 6.54 Å². The molecule has 37 heavy (non-hydrogen) atoms. The van der Waals surface area contributed by atoms with E-state index in [1.807, 2.05) is 0 Å². The van der Waals surface area contributed by atoms with Crippen molar-refractivity contribution in [1.29, 1.82) is 0 Å². The highest BCUT2D eigenvalue weighted by Crippen LogP contribution is 2.24. The Morgan fingerprint density at radius 2 is 1.00 bits per heavy atom. The maximum atomic E-state index is 9.44. The summed E-state index contributed by atoms with van der Waals surface area (Å²) >= 11 is 0. The van der Waals surface area contributed by atoms with Crippen molar-refractivity contribution in [3.8, 4) is 0 Å². The number of unbranched alkanes of at least 4 members (excludes halogenated alkanes) is 16. The van der Waals surface area contributed by atoms with Crippen molar-refractivity contribution in [2.45, 2.75) is 175 Å². The third-order valence-electron chi connectivity index (χ3n) is 8.26. The molecule has 0 aromatic carbocycles. The fourth-order valence-electron chi connectivity index (χ4n) is 5.63. The van der Waals surface area contributed by atoms with Gasteiger partial charge in [-0.15, -0.1) is 5.73 Å². The van der Waals surface area contributed by atoms with E-state index in [1.54, 1.807) is 0 Å². The van der Waals surface area contributed by atoms with Gasteiger partial charge in [-0.2, -0.15) is 0 Å². The molecule has 220 valence electrons. The fraction of sp³-hybridized carbons (Fsp3) is 0.914. The van der Waals surface area contributed by atoms with Gasteiger partial charge in [0.25, 0.3) is 0 Å². The third-order valence-corrected chi connectivity index (χ3v) is 8.26. The van der Waals surface area contributed by atoms with Gasteiger partial charge in [-0.25, -0.2) is 0 Å².